The van der Waals surface area contributed by atoms with Crippen LogP contribution in [0.2, 0.25) is 0 Å². The van der Waals surface area contributed by atoms with E-state index in [2.05, 4.69) is 5.32 Å². The molecule has 2 amide bonds. The summed E-state index contributed by atoms with van der Waals surface area (Å²) in [6.45, 7) is 1.30. The maximum atomic E-state index is 12.8. The second-order valence-electron chi connectivity index (χ2n) is 6.54. The third-order valence-electron chi connectivity index (χ3n) is 4.58. The van der Waals surface area contributed by atoms with Crippen LogP contribution >= 0.6 is 0 Å². The standard InChI is InChI=1S/C19H22N4O6S/c24-19(20-9-14-29-17-6-2-1-3-7-17)21-10-12-22(13-11-21)30(27,28)18-8-4-5-16(15-18)23(25)26/h1-8,15H,9-14H2,(H,20,24). The molecule has 0 aliphatic carbocycles. The zero-order valence-electron chi connectivity index (χ0n) is 16.1. The van der Waals surface area contributed by atoms with Gasteiger partial charge in [-0.3, -0.25) is 10.1 Å². The molecule has 0 saturated carbocycles. The first kappa shape index (κ1) is 21.5. The number of nitro groups is 1. The van der Waals surface area contributed by atoms with E-state index in [0.29, 0.717) is 18.9 Å². The van der Waals surface area contributed by atoms with E-state index in [0.717, 1.165) is 6.07 Å². The first-order valence-electron chi connectivity index (χ1n) is 9.33. The number of amides is 2. The molecule has 0 bridgehead atoms. The number of carbonyl (C=O) groups is 1. The fraction of sp³-hybridized carbons (Fsp3) is 0.316. The van der Waals surface area contributed by atoms with E-state index in [9.17, 15) is 23.3 Å². The van der Waals surface area contributed by atoms with E-state index in [1.54, 1.807) is 0 Å². The van der Waals surface area contributed by atoms with Crippen LogP contribution in [0.3, 0.4) is 0 Å². The number of urea groups is 1. The summed E-state index contributed by atoms with van der Waals surface area (Å²) in [4.78, 5) is 23.9. The molecule has 3 rings (SSSR count). The number of nitrogens with one attached hydrogen (secondary N) is 1. The lowest BCUT2D eigenvalue weighted by atomic mass is 10.3. The van der Waals surface area contributed by atoms with Crippen LogP contribution in [0.25, 0.3) is 0 Å². The number of sulfonamides is 1. The van der Waals surface area contributed by atoms with Gasteiger partial charge in [0, 0.05) is 38.3 Å². The summed E-state index contributed by atoms with van der Waals surface area (Å²) in [6, 6.07) is 13.9. The van der Waals surface area contributed by atoms with Crippen LogP contribution in [0.4, 0.5) is 10.5 Å². The van der Waals surface area contributed by atoms with Gasteiger partial charge in [0.25, 0.3) is 5.69 Å². The molecule has 1 saturated heterocycles. The number of para-hydroxylation sites is 1. The van der Waals surface area contributed by atoms with Gasteiger partial charge in [-0.05, 0) is 18.2 Å². The summed E-state index contributed by atoms with van der Waals surface area (Å²) in [7, 11) is -3.87. The molecule has 11 heteroatoms. The third-order valence-corrected chi connectivity index (χ3v) is 6.48. The highest BCUT2D eigenvalue weighted by Gasteiger charge is 2.30. The van der Waals surface area contributed by atoms with Gasteiger partial charge in [-0.25, -0.2) is 13.2 Å². The summed E-state index contributed by atoms with van der Waals surface area (Å²) in [6.07, 6.45) is 0. The molecule has 2 aromatic carbocycles. The van der Waals surface area contributed by atoms with E-state index in [-0.39, 0.29) is 42.8 Å². The molecule has 1 heterocycles. The number of rotatable bonds is 7. The monoisotopic (exact) mass is 434 g/mol. The number of carbonyl (C=O) groups excluding carboxylic acids is 1. The highest BCUT2D eigenvalue weighted by Crippen LogP contribution is 2.22. The molecule has 1 aliphatic rings. The van der Waals surface area contributed by atoms with Crippen molar-refractivity contribution in [2.45, 2.75) is 4.90 Å². The van der Waals surface area contributed by atoms with Crippen LogP contribution in [0, 0.1) is 10.1 Å². The molecule has 1 fully saturated rings. The summed E-state index contributed by atoms with van der Waals surface area (Å²) in [5, 5.41) is 13.6. The van der Waals surface area contributed by atoms with Gasteiger partial charge in [-0.15, -0.1) is 0 Å². The molecule has 30 heavy (non-hydrogen) atoms. The molecular weight excluding hydrogens is 412 g/mol. The van der Waals surface area contributed by atoms with E-state index >= 15 is 0 Å². The Kier molecular flexibility index (Phi) is 6.85. The first-order chi connectivity index (χ1) is 14.4. The first-order valence-corrected chi connectivity index (χ1v) is 10.8. The molecule has 160 valence electrons. The summed E-state index contributed by atoms with van der Waals surface area (Å²) >= 11 is 0. The third kappa shape index (κ3) is 5.24. The molecule has 1 N–H and O–H groups in total. The van der Waals surface area contributed by atoms with Crippen LogP contribution in [0.15, 0.2) is 59.5 Å². The number of hydrogen-bond acceptors (Lipinski definition) is 6. The van der Waals surface area contributed by atoms with Crippen molar-refractivity contribution >= 4 is 21.7 Å². The Labute approximate surface area is 174 Å². The number of nitro benzene ring substituents is 1. The van der Waals surface area contributed by atoms with Crippen LogP contribution in [0.1, 0.15) is 0 Å². The van der Waals surface area contributed by atoms with Crippen molar-refractivity contribution in [1.29, 1.82) is 0 Å². The number of non-ortho nitro benzene ring substituents is 1. The van der Waals surface area contributed by atoms with Gasteiger partial charge in [0.05, 0.1) is 16.4 Å². The number of ether oxygens (including phenoxy) is 1. The van der Waals surface area contributed by atoms with Gasteiger partial charge < -0.3 is 15.0 Å². The van der Waals surface area contributed by atoms with Crippen LogP contribution in [0.5, 0.6) is 5.75 Å². The average Bonchev–Trinajstić information content (AvgIpc) is 2.77. The maximum absolute atomic E-state index is 12.8. The number of hydrogen-bond donors (Lipinski definition) is 1. The van der Waals surface area contributed by atoms with Crippen molar-refractivity contribution in [3.8, 4) is 5.75 Å². The Bertz CT molecular complexity index is 991. The normalized spacial score (nSPS) is 14.9. The minimum absolute atomic E-state index is 0.110. The SMILES string of the molecule is O=C(NCCOc1ccccc1)N1CCN(S(=O)(=O)c2cccc([N+](=O)[O-])c2)CC1. The Balaban J connectivity index is 1.48. The summed E-state index contributed by atoms with van der Waals surface area (Å²) in [5.41, 5.74) is -0.285. The minimum Gasteiger partial charge on any atom is -0.492 e. The fourth-order valence-electron chi connectivity index (χ4n) is 2.99. The highest BCUT2D eigenvalue weighted by atomic mass is 32.2. The summed E-state index contributed by atoms with van der Waals surface area (Å²) in [5.74, 6) is 0.715. The molecule has 0 spiro atoms. The largest absolute Gasteiger partial charge is 0.492 e. The van der Waals surface area contributed by atoms with Crippen LogP contribution < -0.4 is 10.1 Å². The van der Waals surface area contributed by atoms with E-state index in [1.807, 2.05) is 30.3 Å². The van der Waals surface area contributed by atoms with Crippen molar-refractivity contribution in [3.05, 3.63) is 64.7 Å². The van der Waals surface area contributed by atoms with E-state index in [1.165, 1.54) is 27.4 Å². The van der Waals surface area contributed by atoms with Gasteiger partial charge in [0.1, 0.15) is 12.4 Å². The molecule has 1 aliphatic heterocycles. The van der Waals surface area contributed by atoms with Gasteiger partial charge in [0.15, 0.2) is 0 Å². The fourth-order valence-corrected chi connectivity index (χ4v) is 4.46. The number of benzene rings is 2. The molecule has 2 aromatic rings. The average molecular weight is 434 g/mol. The Morgan fingerprint density at radius 1 is 1.07 bits per heavy atom. The highest BCUT2D eigenvalue weighted by molar-refractivity contribution is 7.89. The zero-order chi connectivity index (χ0) is 21.6. The molecular formula is C19H22N4O6S. The van der Waals surface area contributed by atoms with Crippen molar-refractivity contribution in [2.24, 2.45) is 0 Å². The zero-order valence-corrected chi connectivity index (χ0v) is 17.0. The minimum atomic E-state index is -3.87. The molecule has 0 atom stereocenters. The predicted octanol–water partition coefficient (Wildman–Crippen LogP) is 1.69. The number of nitrogens with zero attached hydrogens (tertiary/aromatic N) is 3. The van der Waals surface area contributed by atoms with Crippen molar-refractivity contribution in [1.82, 2.24) is 14.5 Å². The molecule has 0 radical (unpaired) electrons. The van der Waals surface area contributed by atoms with Gasteiger partial charge in [-0.1, -0.05) is 24.3 Å². The second kappa shape index (κ2) is 9.55. The lowest BCUT2D eigenvalue weighted by Gasteiger charge is -2.33. The van der Waals surface area contributed by atoms with Crippen molar-refractivity contribution in [3.63, 3.8) is 0 Å². The Morgan fingerprint density at radius 2 is 1.77 bits per heavy atom. The van der Waals surface area contributed by atoms with Crippen molar-refractivity contribution < 1.29 is 22.9 Å². The van der Waals surface area contributed by atoms with Crippen LogP contribution in [-0.2, 0) is 10.0 Å². The summed E-state index contributed by atoms with van der Waals surface area (Å²) < 4.78 is 32.2. The van der Waals surface area contributed by atoms with Gasteiger partial charge >= 0.3 is 6.03 Å². The second-order valence-corrected chi connectivity index (χ2v) is 8.48. The van der Waals surface area contributed by atoms with E-state index < -0.39 is 14.9 Å². The van der Waals surface area contributed by atoms with Crippen molar-refractivity contribution in [2.75, 3.05) is 39.3 Å². The predicted molar refractivity (Wildman–Crippen MR) is 109 cm³/mol. The lowest BCUT2D eigenvalue weighted by molar-refractivity contribution is -0.385. The molecule has 0 aromatic heterocycles. The quantitative estimate of drug-likeness (QED) is 0.402. The lowest BCUT2D eigenvalue weighted by Crippen LogP contribution is -2.53. The van der Waals surface area contributed by atoms with Gasteiger partial charge in [0.2, 0.25) is 10.0 Å². The van der Waals surface area contributed by atoms with Gasteiger partial charge in [-0.2, -0.15) is 4.31 Å². The smallest absolute Gasteiger partial charge is 0.317 e. The Morgan fingerprint density at radius 3 is 2.43 bits per heavy atom. The molecule has 0 unspecified atom stereocenters. The van der Waals surface area contributed by atoms with E-state index in [4.69, 9.17) is 4.74 Å². The number of piperazine rings is 1. The topological polar surface area (TPSA) is 122 Å². The van der Waals surface area contributed by atoms with Crippen LogP contribution in [-0.4, -0.2) is 67.9 Å². The maximum Gasteiger partial charge on any atom is 0.317 e. The molecule has 10 nitrogen and oxygen atoms in total. The Hall–Kier alpha value is -3.18.